The van der Waals surface area contributed by atoms with Crippen molar-refractivity contribution >= 4 is 0 Å². The largest absolute Gasteiger partial charge is 0.325 e. The van der Waals surface area contributed by atoms with Crippen LogP contribution in [-0.2, 0) is 32.2 Å². The second-order valence-electron chi connectivity index (χ2n) is 8.65. The van der Waals surface area contributed by atoms with Gasteiger partial charge in [0.2, 0.25) is 11.4 Å². The number of benzene rings is 3. The lowest BCUT2D eigenvalue weighted by molar-refractivity contribution is -0.673. The summed E-state index contributed by atoms with van der Waals surface area (Å²) >= 11 is 0. The van der Waals surface area contributed by atoms with Crippen molar-refractivity contribution in [2.45, 2.75) is 32.2 Å². The van der Waals surface area contributed by atoms with Crippen molar-refractivity contribution in [2.24, 2.45) is 5.73 Å². The Hall–Kier alpha value is -3.23. The molecule has 2 aliphatic rings. The third-order valence-corrected chi connectivity index (χ3v) is 6.96. The van der Waals surface area contributed by atoms with Crippen LogP contribution in [0, 0.1) is 0 Å². The number of nitrogens with two attached hydrogens (primary N) is 1. The Balaban J connectivity index is 1.79. The van der Waals surface area contributed by atoms with E-state index in [1.807, 2.05) is 0 Å². The van der Waals surface area contributed by atoms with Crippen molar-refractivity contribution in [2.75, 3.05) is 6.54 Å². The molecular weight excluding hydrogens is 376 g/mol. The van der Waals surface area contributed by atoms with Crippen LogP contribution in [0.25, 0.3) is 33.6 Å². The Morgan fingerprint density at radius 3 is 1.68 bits per heavy atom. The maximum Gasteiger partial charge on any atom is 0.217 e. The summed E-state index contributed by atoms with van der Waals surface area (Å²) in [4.78, 5) is 0. The molecule has 3 aromatic carbocycles. The number of aryl methyl sites for hydroxylation is 2. The highest BCUT2D eigenvalue weighted by atomic mass is 15.0. The quantitative estimate of drug-likeness (QED) is 0.472. The molecule has 0 saturated carbocycles. The molecule has 31 heavy (non-hydrogen) atoms. The van der Waals surface area contributed by atoms with Crippen LogP contribution in [0.2, 0.25) is 0 Å². The molecule has 6 rings (SSSR count). The van der Waals surface area contributed by atoms with E-state index in [0.29, 0.717) is 6.54 Å². The lowest BCUT2D eigenvalue weighted by atomic mass is 9.77. The Morgan fingerprint density at radius 1 is 0.613 bits per heavy atom. The fourth-order valence-electron chi connectivity index (χ4n) is 5.72. The van der Waals surface area contributed by atoms with Gasteiger partial charge in [-0.15, -0.1) is 0 Å². The van der Waals surface area contributed by atoms with Crippen LogP contribution in [0.5, 0.6) is 0 Å². The number of pyridine rings is 1. The maximum atomic E-state index is 6.20. The molecule has 0 amide bonds. The number of aromatic nitrogens is 1. The van der Waals surface area contributed by atoms with Gasteiger partial charge in [-0.3, -0.25) is 0 Å². The molecule has 0 fully saturated rings. The molecule has 2 N–H and O–H groups in total. The molecule has 152 valence electrons. The standard InChI is InChI=1S/C29H27N2/c30-18-19-31-28-23-12-6-4-8-20(23)14-16-25(28)27(22-10-2-1-3-11-22)26-17-15-21-9-5-7-13-24(21)29(26)31/h1-13H,14-19,30H2/q+1. The van der Waals surface area contributed by atoms with Gasteiger partial charge in [0.05, 0.1) is 6.54 Å². The van der Waals surface area contributed by atoms with Crippen molar-refractivity contribution in [1.29, 1.82) is 0 Å². The molecule has 2 aliphatic carbocycles. The first-order valence-electron chi connectivity index (χ1n) is 11.4. The van der Waals surface area contributed by atoms with Crippen LogP contribution in [-0.4, -0.2) is 6.54 Å². The average Bonchev–Trinajstić information content (AvgIpc) is 2.84. The molecule has 0 spiro atoms. The van der Waals surface area contributed by atoms with Gasteiger partial charge in [0.15, 0.2) is 6.54 Å². The van der Waals surface area contributed by atoms with Gasteiger partial charge >= 0.3 is 0 Å². The van der Waals surface area contributed by atoms with E-state index in [-0.39, 0.29) is 0 Å². The Morgan fingerprint density at radius 2 is 1.13 bits per heavy atom. The van der Waals surface area contributed by atoms with Crippen LogP contribution in [0.3, 0.4) is 0 Å². The molecule has 0 unspecified atom stereocenters. The predicted molar refractivity (Wildman–Crippen MR) is 127 cm³/mol. The first-order valence-corrected chi connectivity index (χ1v) is 11.4. The van der Waals surface area contributed by atoms with E-state index in [2.05, 4.69) is 83.4 Å². The number of hydrogen-bond donors (Lipinski definition) is 1. The van der Waals surface area contributed by atoms with Crippen molar-refractivity contribution in [3.05, 3.63) is 101 Å². The SMILES string of the molecule is NCC[n+]1c2c(c(-c3ccccc3)c3c1-c1ccccc1CC3)CCc1ccccc1-2. The molecule has 0 saturated heterocycles. The minimum atomic E-state index is 0.637. The summed E-state index contributed by atoms with van der Waals surface area (Å²) in [7, 11) is 0. The van der Waals surface area contributed by atoms with Gasteiger partial charge in [0.25, 0.3) is 0 Å². The third kappa shape index (κ3) is 2.86. The summed E-state index contributed by atoms with van der Waals surface area (Å²) in [5, 5.41) is 0. The predicted octanol–water partition coefficient (Wildman–Crippen LogP) is 5.13. The van der Waals surface area contributed by atoms with Crippen LogP contribution < -0.4 is 10.3 Å². The van der Waals surface area contributed by atoms with Crippen molar-refractivity contribution in [3.8, 4) is 33.6 Å². The van der Waals surface area contributed by atoms with E-state index in [9.17, 15) is 0 Å². The fourth-order valence-corrected chi connectivity index (χ4v) is 5.72. The molecular formula is C29H27N2+. The second-order valence-corrected chi connectivity index (χ2v) is 8.65. The minimum absolute atomic E-state index is 0.637. The Labute approximate surface area is 184 Å². The summed E-state index contributed by atoms with van der Waals surface area (Å²) in [6, 6.07) is 28.9. The zero-order valence-electron chi connectivity index (χ0n) is 17.8. The van der Waals surface area contributed by atoms with Crippen molar-refractivity contribution in [3.63, 3.8) is 0 Å². The van der Waals surface area contributed by atoms with E-state index in [0.717, 1.165) is 32.2 Å². The van der Waals surface area contributed by atoms with Gasteiger partial charge in [-0.25, -0.2) is 0 Å². The number of nitrogens with zero attached hydrogens (tertiary/aromatic N) is 1. The highest BCUT2D eigenvalue weighted by Crippen LogP contribution is 2.44. The third-order valence-electron chi connectivity index (χ3n) is 6.96. The monoisotopic (exact) mass is 403 g/mol. The van der Waals surface area contributed by atoms with Crippen LogP contribution in [0.15, 0.2) is 78.9 Å². The van der Waals surface area contributed by atoms with E-state index in [4.69, 9.17) is 5.73 Å². The summed E-state index contributed by atoms with van der Waals surface area (Å²) in [5.74, 6) is 0. The molecule has 0 radical (unpaired) electrons. The average molecular weight is 404 g/mol. The molecule has 0 atom stereocenters. The molecule has 4 aromatic rings. The molecule has 2 nitrogen and oxygen atoms in total. The van der Waals surface area contributed by atoms with Crippen molar-refractivity contribution < 1.29 is 4.57 Å². The molecule has 2 heteroatoms. The first-order chi connectivity index (χ1) is 15.4. The number of fused-ring (bicyclic) bond motifs is 6. The van der Waals surface area contributed by atoms with E-state index in [1.54, 1.807) is 0 Å². The van der Waals surface area contributed by atoms with Gasteiger partial charge < -0.3 is 5.73 Å². The first kappa shape index (κ1) is 18.5. The lowest BCUT2D eigenvalue weighted by Crippen LogP contribution is -2.45. The summed E-state index contributed by atoms with van der Waals surface area (Å²) in [6.45, 7) is 1.47. The van der Waals surface area contributed by atoms with Crippen LogP contribution in [0.4, 0.5) is 0 Å². The van der Waals surface area contributed by atoms with Crippen LogP contribution >= 0.6 is 0 Å². The van der Waals surface area contributed by atoms with E-state index >= 15 is 0 Å². The Bertz CT molecular complexity index is 1210. The fraction of sp³-hybridized carbons (Fsp3) is 0.207. The van der Waals surface area contributed by atoms with Crippen molar-refractivity contribution in [1.82, 2.24) is 0 Å². The molecule has 1 heterocycles. The lowest BCUT2D eigenvalue weighted by Gasteiger charge is -2.28. The van der Waals surface area contributed by atoms with Crippen LogP contribution in [0.1, 0.15) is 22.3 Å². The summed E-state index contributed by atoms with van der Waals surface area (Å²) in [5.41, 5.74) is 20.4. The second kappa shape index (κ2) is 7.47. The zero-order chi connectivity index (χ0) is 20.8. The van der Waals surface area contributed by atoms with Gasteiger partial charge in [-0.05, 0) is 54.5 Å². The smallest absolute Gasteiger partial charge is 0.217 e. The van der Waals surface area contributed by atoms with E-state index in [1.165, 1.54) is 55.9 Å². The zero-order valence-corrected chi connectivity index (χ0v) is 17.8. The van der Waals surface area contributed by atoms with Gasteiger partial charge in [0.1, 0.15) is 0 Å². The van der Waals surface area contributed by atoms with Gasteiger partial charge in [0, 0.05) is 27.8 Å². The van der Waals surface area contributed by atoms with E-state index < -0.39 is 0 Å². The normalized spacial score (nSPS) is 13.7. The topological polar surface area (TPSA) is 29.9 Å². The molecule has 0 aliphatic heterocycles. The van der Waals surface area contributed by atoms with Gasteiger partial charge in [-0.1, -0.05) is 66.7 Å². The highest BCUT2D eigenvalue weighted by Gasteiger charge is 2.37. The summed E-state index contributed by atoms with van der Waals surface area (Å²) < 4.78 is 2.55. The van der Waals surface area contributed by atoms with Gasteiger partial charge in [-0.2, -0.15) is 4.57 Å². The minimum Gasteiger partial charge on any atom is -0.325 e. The molecule has 0 bridgehead atoms. The highest BCUT2D eigenvalue weighted by molar-refractivity contribution is 5.85. The molecule has 1 aromatic heterocycles. The number of hydrogen-bond acceptors (Lipinski definition) is 1. The summed E-state index contributed by atoms with van der Waals surface area (Å²) in [6.07, 6.45) is 4.36. The Kier molecular flexibility index (Phi) is 4.47. The number of rotatable bonds is 3. The maximum absolute atomic E-state index is 6.20.